The number of aromatic nitrogens is 2. The van der Waals surface area contributed by atoms with Gasteiger partial charge in [0.15, 0.2) is 0 Å². The number of hydrogen-bond acceptors (Lipinski definition) is 3. The molecule has 110 valence electrons. The Morgan fingerprint density at radius 2 is 2.10 bits per heavy atom. The molecule has 2 unspecified atom stereocenters. The molecule has 2 atom stereocenters. The highest BCUT2D eigenvalue weighted by Crippen LogP contribution is 2.16. The molecule has 2 amide bonds. The molecule has 6 heteroatoms. The number of aryl methyl sites for hydroxylation is 2. The molecule has 6 nitrogen and oxygen atoms in total. The summed E-state index contributed by atoms with van der Waals surface area (Å²) in [7, 11) is 0. The van der Waals surface area contributed by atoms with Crippen LogP contribution in [-0.2, 0) is 22.7 Å². The molecule has 0 spiro atoms. The van der Waals surface area contributed by atoms with E-state index in [1.165, 1.54) is 0 Å². The summed E-state index contributed by atoms with van der Waals surface area (Å²) in [4.78, 5) is 25.8. The number of nitrogens with zero attached hydrogens (tertiary/aromatic N) is 3. The smallest absolute Gasteiger partial charge is 0.245 e. The van der Waals surface area contributed by atoms with E-state index >= 15 is 0 Å². The van der Waals surface area contributed by atoms with Crippen LogP contribution in [-0.4, -0.2) is 38.6 Å². The van der Waals surface area contributed by atoms with E-state index in [1.807, 2.05) is 31.5 Å². The van der Waals surface area contributed by atoms with Gasteiger partial charge in [0.05, 0.1) is 17.9 Å². The summed E-state index contributed by atoms with van der Waals surface area (Å²) in [5.41, 5.74) is 1.95. The lowest BCUT2D eigenvalue weighted by Gasteiger charge is -2.28. The lowest BCUT2D eigenvalue weighted by Crippen LogP contribution is -2.44. The van der Waals surface area contributed by atoms with Crippen LogP contribution in [0.3, 0.4) is 0 Å². The zero-order valence-corrected chi connectivity index (χ0v) is 12.5. The molecule has 1 aliphatic rings. The SMILES string of the molecule is CCn1nc(C)cc1CN1C(=O)C(C)NC(=O)CC1C. The predicted octanol–water partition coefficient (Wildman–Crippen LogP) is 0.837. The van der Waals surface area contributed by atoms with Crippen molar-refractivity contribution in [3.63, 3.8) is 0 Å². The van der Waals surface area contributed by atoms with E-state index < -0.39 is 6.04 Å². The second kappa shape index (κ2) is 5.64. The van der Waals surface area contributed by atoms with Crippen molar-refractivity contribution in [1.82, 2.24) is 20.0 Å². The molecular weight excluding hydrogens is 256 g/mol. The van der Waals surface area contributed by atoms with Gasteiger partial charge in [-0.2, -0.15) is 5.10 Å². The molecule has 1 aromatic rings. The van der Waals surface area contributed by atoms with Crippen LogP contribution in [0.1, 0.15) is 38.6 Å². The lowest BCUT2D eigenvalue weighted by molar-refractivity contribution is -0.135. The first kappa shape index (κ1) is 14.6. The van der Waals surface area contributed by atoms with Gasteiger partial charge in [-0.1, -0.05) is 0 Å². The maximum absolute atomic E-state index is 12.4. The molecule has 2 heterocycles. The molecule has 1 aliphatic heterocycles. The van der Waals surface area contributed by atoms with Gasteiger partial charge in [-0.3, -0.25) is 14.3 Å². The number of nitrogens with one attached hydrogen (secondary N) is 1. The van der Waals surface area contributed by atoms with Crippen LogP contribution in [0.4, 0.5) is 0 Å². The highest BCUT2D eigenvalue weighted by Gasteiger charge is 2.31. The van der Waals surface area contributed by atoms with E-state index in [9.17, 15) is 9.59 Å². The van der Waals surface area contributed by atoms with Crippen LogP contribution in [0.15, 0.2) is 6.07 Å². The topological polar surface area (TPSA) is 67.2 Å². The monoisotopic (exact) mass is 278 g/mol. The minimum Gasteiger partial charge on any atom is -0.345 e. The van der Waals surface area contributed by atoms with Crippen molar-refractivity contribution in [3.8, 4) is 0 Å². The summed E-state index contributed by atoms with van der Waals surface area (Å²) in [5.74, 6) is -0.106. The average molecular weight is 278 g/mol. The summed E-state index contributed by atoms with van der Waals surface area (Å²) in [6, 6.07) is 1.42. The Bertz CT molecular complexity index is 523. The van der Waals surface area contributed by atoms with Gasteiger partial charge in [-0.05, 0) is 33.8 Å². The number of carbonyl (C=O) groups excluding carboxylic acids is 2. The van der Waals surface area contributed by atoms with E-state index in [0.29, 0.717) is 13.0 Å². The van der Waals surface area contributed by atoms with Crippen molar-refractivity contribution in [2.24, 2.45) is 0 Å². The van der Waals surface area contributed by atoms with E-state index in [2.05, 4.69) is 10.4 Å². The standard InChI is InChI=1S/C14H22N4O2/c1-5-18-12(6-9(2)16-18)8-17-10(3)7-13(19)15-11(4)14(17)20/h6,10-11H,5,7-8H2,1-4H3,(H,15,19). The molecule has 2 rings (SSSR count). The molecule has 1 saturated heterocycles. The largest absolute Gasteiger partial charge is 0.345 e. The Balaban J connectivity index is 2.25. The maximum atomic E-state index is 12.4. The Morgan fingerprint density at radius 1 is 1.40 bits per heavy atom. The molecule has 0 bridgehead atoms. The van der Waals surface area contributed by atoms with Crippen molar-refractivity contribution < 1.29 is 9.59 Å². The van der Waals surface area contributed by atoms with E-state index in [1.54, 1.807) is 11.8 Å². The van der Waals surface area contributed by atoms with Crippen LogP contribution >= 0.6 is 0 Å². The fourth-order valence-electron chi connectivity index (χ4n) is 2.62. The van der Waals surface area contributed by atoms with Crippen molar-refractivity contribution in [2.75, 3.05) is 0 Å². The van der Waals surface area contributed by atoms with Crippen molar-refractivity contribution in [2.45, 2.75) is 59.3 Å². The fourth-order valence-corrected chi connectivity index (χ4v) is 2.62. The third kappa shape index (κ3) is 2.84. The number of amides is 2. The van der Waals surface area contributed by atoms with Crippen molar-refractivity contribution in [1.29, 1.82) is 0 Å². The number of carbonyl (C=O) groups is 2. The number of hydrogen-bond donors (Lipinski definition) is 1. The van der Waals surface area contributed by atoms with Gasteiger partial charge in [0, 0.05) is 19.0 Å². The normalized spacial score (nSPS) is 23.7. The van der Waals surface area contributed by atoms with Gasteiger partial charge < -0.3 is 10.2 Å². The third-order valence-electron chi connectivity index (χ3n) is 3.66. The van der Waals surface area contributed by atoms with Crippen LogP contribution in [0.5, 0.6) is 0 Å². The molecule has 0 radical (unpaired) electrons. The highest BCUT2D eigenvalue weighted by molar-refractivity contribution is 5.90. The molecule has 20 heavy (non-hydrogen) atoms. The summed E-state index contributed by atoms with van der Waals surface area (Å²) >= 11 is 0. The third-order valence-corrected chi connectivity index (χ3v) is 3.66. The summed E-state index contributed by atoms with van der Waals surface area (Å²) in [5, 5.41) is 7.12. The first-order valence-corrected chi connectivity index (χ1v) is 7.05. The van der Waals surface area contributed by atoms with E-state index in [0.717, 1.165) is 17.9 Å². The Kier molecular flexibility index (Phi) is 4.11. The quantitative estimate of drug-likeness (QED) is 0.891. The zero-order valence-electron chi connectivity index (χ0n) is 12.5. The van der Waals surface area contributed by atoms with Crippen LogP contribution in [0, 0.1) is 6.92 Å². The summed E-state index contributed by atoms with van der Waals surface area (Å²) < 4.78 is 1.90. The Morgan fingerprint density at radius 3 is 2.75 bits per heavy atom. The van der Waals surface area contributed by atoms with Crippen molar-refractivity contribution >= 4 is 11.8 Å². The second-order valence-corrected chi connectivity index (χ2v) is 5.40. The molecule has 1 fully saturated rings. The minimum absolute atomic E-state index is 0.0372. The van der Waals surface area contributed by atoms with E-state index in [-0.39, 0.29) is 17.9 Å². The fraction of sp³-hybridized carbons (Fsp3) is 0.643. The van der Waals surface area contributed by atoms with Gasteiger partial charge in [-0.15, -0.1) is 0 Å². The predicted molar refractivity (Wildman–Crippen MR) is 74.9 cm³/mol. The van der Waals surface area contributed by atoms with Gasteiger partial charge in [0.2, 0.25) is 11.8 Å². The Labute approximate surface area is 119 Å². The average Bonchev–Trinajstić information content (AvgIpc) is 2.70. The van der Waals surface area contributed by atoms with Crippen LogP contribution in [0.2, 0.25) is 0 Å². The summed E-state index contributed by atoms with van der Waals surface area (Å²) in [6.45, 7) is 8.87. The van der Waals surface area contributed by atoms with Crippen LogP contribution in [0.25, 0.3) is 0 Å². The first-order valence-electron chi connectivity index (χ1n) is 7.05. The van der Waals surface area contributed by atoms with Gasteiger partial charge >= 0.3 is 0 Å². The molecule has 1 aromatic heterocycles. The Hall–Kier alpha value is -1.85. The first-order chi connectivity index (χ1) is 9.42. The number of rotatable bonds is 3. The van der Waals surface area contributed by atoms with Gasteiger partial charge in [-0.25, -0.2) is 0 Å². The van der Waals surface area contributed by atoms with Gasteiger partial charge in [0.1, 0.15) is 6.04 Å². The zero-order chi connectivity index (χ0) is 14.9. The lowest BCUT2D eigenvalue weighted by atomic mass is 10.2. The molecule has 0 saturated carbocycles. The molecule has 0 aliphatic carbocycles. The minimum atomic E-state index is -0.466. The van der Waals surface area contributed by atoms with Crippen LogP contribution < -0.4 is 5.32 Å². The summed E-state index contributed by atoms with van der Waals surface area (Å²) in [6.07, 6.45) is 0.343. The highest BCUT2D eigenvalue weighted by atomic mass is 16.2. The molecule has 0 aromatic carbocycles. The van der Waals surface area contributed by atoms with E-state index in [4.69, 9.17) is 0 Å². The van der Waals surface area contributed by atoms with Crippen molar-refractivity contribution in [3.05, 3.63) is 17.5 Å². The molecule has 1 N–H and O–H groups in total. The molecular formula is C14H22N4O2. The van der Waals surface area contributed by atoms with Gasteiger partial charge in [0.25, 0.3) is 0 Å². The maximum Gasteiger partial charge on any atom is 0.245 e. The second-order valence-electron chi connectivity index (χ2n) is 5.40.